The van der Waals surface area contributed by atoms with E-state index in [-0.39, 0.29) is 18.1 Å². The Morgan fingerprint density at radius 3 is 2.77 bits per heavy atom. The minimum absolute atomic E-state index is 0.0846. The number of thioether (sulfide) groups is 1. The molecule has 1 unspecified atom stereocenters. The first kappa shape index (κ1) is 16.9. The zero-order valence-corrected chi connectivity index (χ0v) is 15.2. The summed E-state index contributed by atoms with van der Waals surface area (Å²) in [5, 5.41) is -0.0846. The van der Waals surface area contributed by atoms with Crippen LogP contribution in [-0.4, -0.2) is 43.6 Å². The second-order valence-electron chi connectivity index (χ2n) is 5.86. The normalized spacial score (nSPS) is 18.3. The van der Waals surface area contributed by atoms with Crippen LogP contribution >= 0.6 is 11.8 Å². The minimum atomic E-state index is -0.0846. The summed E-state index contributed by atoms with van der Waals surface area (Å²) in [5.74, 6) is 3.56. The van der Waals surface area contributed by atoms with Crippen molar-refractivity contribution >= 4 is 17.7 Å². The number of hydrogen-bond acceptors (Lipinski definition) is 6. The summed E-state index contributed by atoms with van der Waals surface area (Å²) in [6.45, 7) is 1.15. The van der Waals surface area contributed by atoms with Crippen molar-refractivity contribution in [2.75, 3.05) is 32.8 Å². The highest BCUT2D eigenvalue weighted by Gasteiger charge is 2.36. The van der Waals surface area contributed by atoms with Gasteiger partial charge in [-0.25, -0.2) is 0 Å². The number of para-hydroxylation sites is 1. The largest absolute Gasteiger partial charge is 0.497 e. The quantitative estimate of drug-likeness (QED) is 0.776. The van der Waals surface area contributed by atoms with Gasteiger partial charge in [-0.05, 0) is 30.3 Å². The van der Waals surface area contributed by atoms with Gasteiger partial charge in [-0.3, -0.25) is 4.79 Å². The Morgan fingerprint density at radius 1 is 1.15 bits per heavy atom. The molecule has 1 fully saturated rings. The number of fused-ring (bicyclic) bond motifs is 1. The minimum Gasteiger partial charge on any atom is -0.497 e. The van der Waals surface area contributed by atoms with E-state index in [1.807, 2.05) is 47.4 Å². The molecule has 2 aromatic rings. The van der Waals surface area contributed by atoms with Gasteiger partial charge in [-0.2, -0.15) is 0 Å². The van der Waals surface area contributed by atoms with Gasteiger partial charge in [0.2, 0.25) is 12.7 Å². The van der Waals surface area contributed by atoms with E-state index < -0.39 is 0 Å². The van der Waals surface area contributed by atoms with E-state index in [2.05, 4.69) is 0 Å². The van der Waals surface area contributed by atoms with Crippen molar-refractivity contribution in [2.24, 2.45) is 0 Å². The number of ether oxygens (including phenoxy) is 4. The highest BCUT2D eigenvalue weighted by molar-refractivity contribution is 8.00. The van der Waals surface area contributed by atoms with Gasteiger partial charge in [-0.15, -0.1) is 11.8 Å². The number of hydrogen-bond donors (Lipinski definition) is 0. The van der Waals surface area contributed by atoms with Gasteiger partial charge in [0.1, 0.15) is 23.5 Å². The fraction of sp³-hybridized carbons (Fsp3) is 0.316. The van der Waals surface area contributed by atoms with E-state index in [1.54, 1.807) is 18.9 Å². The first-order valence-corrected chi connectivity index (χ1v) is 9.37. The summed E-state index contributed by atoms with van der Waals surface area (Å²) in [7, 11) is 1.63. The van der Waals surface area contributed by atoms with Crippen LogP contribution in [0.3, 0.4) is 0 Å². The van der Waals surface area contributed by atoms with Gasteiger partial charge in [0.25, 0.3) is 0 Å². The molecular formula is C19H19NO5S. The topological polar surface area (TPSA) is 57.2 Å². The molecule has 2 heterocycles. The Bertz CT molecular complexity index is 795. The summed E-state index contributed by atoms with van der Waals surface area (Å²) < 4.78 is 22.0. The van der Waals surface area contributed by atoms with Gasteiger partial charge in [0.05, 0.1) is 19.4 Å². The van der Waals surface area contributed by atoms with Gasteiger partial charge >= 0.3 is 0 Å². The number of nitrogens with zero attached hydrogens (tertiary/aromatic N) is 1. The van der Waals surface area contributed by atoms with Crippen molar-refractivity contribution in [2.45, 2.75) is 5.37 Å². The van der Waals surface area contributed by atoms with E-state index >= 15 is 0 Å². The smallest absolute Gasteiger partial charge is 0.233 e. The molecule has 6 nitrogen and oxygen atoms in total. The van der Waals surface area contributed by atoms with Crippen LogP contribution in [0.5, 0.6) is 23.0 Å². The molecule has 0 radical (unpaired) electrons. The Kier molecular flexibility index (Phi) is 4.79. The van der Waals surface area contributed by atoms with Crippen molar-refractivity contribution in [1.29, 1.82) is 0 Å². The number of carbonyl (C=O) groups is 1. The first-order chi connectivity index (χ1) is 12.8. The molecule has 2 aliphatic heterocycles. The molecule has 136 valence electrons. The van der Waals surface area contributed by atoms with Crippen LogP contribution in [0.1, 0.15) is 10.9 Å². The molecule has 4 rings (SSSR count). The number of amides is 1. The Hall–Kier alpha value is -2.54. The third-order valence-electron chi connectivity index (χ3n) is 4.32. The lowest BCUT2D eigenvalue weighted by Gasteiger charge is -2.25. The standard InChI is InChI=1S/C19H19NO5S/c1-22-13-5-7-14(8-6-13)23-10-9-20-17(21)11-26-19(20)15-3-2-4-16-18(15)25-12-24-16/h2-8,19H,9-12H2,1H3. The van der Waals surface area contributed by atoms with Crippen LogP contribution in [0, 0.1) is 0 Å². The SMILES string of the molecule is COc1ccc(OCCN2C(=O)CSC2c2cccc3c2OCO3)cc1. The van der Waals surface area contributed by atoms with Crippen LogP contribution in [0.2, 0.25) is 0 Å². The first-order valence-electron chi connectivity index (χ1n) is 8.32. The van der Waals surface area contributed by atoms with E-state index in [4.69, 9.17) is 18.9 Å². The Balaban J connectivity index is 1.43. The molecule has 2 aromatic carbocycles. The molecule has 0 bridgehead atoms. The molecule has 0 saturated carbocycles. The van der Waals surface area contributed by atoms with E-state index in [0.717, 1.165) is 28.6 Å². The fourth-order valence-electron chi connectivity index (χ4n) is 3.03. The molecule has 0 aliphatic carbocycles. The number of benzene rings is 2. The van der Waals surface area contributed by atoms with Crippen molar-refractivity contribution in [3.63, 3.8) is 0 Å². The monoisotopic (exact) mass is 373 g/mol. The molecule has 1 atom stereocenters. The zero-order chi connectivity index (χ0) is 17.9. The molecule has 0 aromatic heterocycles. The van der Waals surface area contributed by atoms with E-state index in [9.17, 15) is 4.79 Å². The molecular weight excluding hydrogens is 354 g/mol. The zero-order valence-electron chi connectivity index (χ0n) is 14.3. The van der Waals surface area contributed by atoms with E-state index in [0.29, 0.717) is 18.9 Å². The summed E-state index contributed by atoms with van der Waals surface area (Å²) >= 11 is 1.60. The van der Waals surface area contributed by atoms with E-state index in [1.165, 1.54) is 0 Å². The molecule has 7 heteroatoms. The third kappa shape index (κ3) is 3.26. The second-order valence-corrected chi connectivity index (χ2v) is 6.92. The molecule has 26 heavy (non-hydrogen) atoms. The summed E-state index contributed by atoms with van der Waals surface area (Å²) in [4.78, 5) is 14.2. The number of methoxy groups -OCH3 is 1. The summed E-state index contributed by atoms with van der Waals surface area (Å²) in [6.07, 6.45) is 0. The summed E-state index contributed by atoms with van der Waals surface area (Å²) in [6, 6.07) is 13.2. The highest BCUT2D eigenvalue weighted by Crippen LogP contribution is 2.46. The van der Waals surface area contributed by atoms with Crippen molar-refractivity contribution in [1.82, 2.24) is 4.90 Å². The van der Waals surface area contributed by atoms with Crippen LogP contribution < -0.4 is 18.9 Å². The molecule has 2 aliphatic rings. The lowest BCUT2D eigenvalue weighted by molar-refractivity contribution is -0.128. The maximum Gasteiger partial charge on any atom is 0.233 e. The Labute approximate surface area is 156 Å². The third-order valence-corrected chi connectivity index (χ3v) is 5.56. The van der Waals surface area contributed by atoms with Gasteiger partial charge < -0.3 is 23.8 Å². The average Bonchev–Trinajstić information content (AvgIpc) is 3.29. The second kappa shape index (κ2) is 7.37. The number of rotatable bonds is 6. The Morgan fingerprint density at radius 2 is 1.96 bits per heavy atom. The maximum atomic E-state index is 12.3. The van der Waals surface area contributed by atoms with Crippen molar-refractivity contribution < 1.29 is 23.7 Å². The van der Waals surface area contributed by atoms with Crippen LogP contribution in [0.4, 0.5) is 0 Å². The number of carbonyl (C=O) groups excluding carboxylic acids is 1. The highest BCUT2D eigenvalue weighted by atomic mass is 32.2. The average molecular weight is 373 g/mol. The summed E-state index contributed by atoms with van der Waals surface area (Å²) in [5.41, 5.74) is 0.972. The molecule has 1 amide bonds. The molecule has 0 spiro atoms. The fourth-order valence-corrected chi connectivity index (χ4v) is 4.27. The van der Waals surface area contributed by atoms with Gasteiger partial charge in [-0.1, -0.05) is 12.1 Å². The lowest BCUT2D eigenvalue weighted by Crippen LogP contribution is -2.32. The van der Waals surface area contributed by atoms with Crippen molar-refractivity contribution in [3.05, 3.63) is 48.0 Å². The molecule has 0 N–H and O–H groups in total. The predicted octanol–water partition coefficient (Wildman–Crippen LogP) is 3.08. The van der Waals surface area contributed by atoms with Crippen molar-refractivity contribution in [3.8, 4) is 23.0 Å². The van der Waals surface area contributed by atoms with Gasteiger partial charge in [0.15, 0.2) is 11.5 Å². The maximum absolute atomic E-state index is 12.3. The van der Waals surface area contributed by atoms with Gasteiger partial charge in [0, 0.05) is 5.56 Å². The lowest BCUT2D eigenvalue weighted by atomic mass is 10.1. The van der Waals surface area contributed by atoms with Crippen LogP contribution in [-0.2, 0) is 4.79 Å². The van der Waals surface area contributed by atoms with Crippen LogP contribution in [0.15, 0.2) is 42.5 Å². The van der Waals surface area contributed by atoms with Crippen LogP contribution in [0.25, 0.3) is 0 Å². The molecule has 1 saturated heterocycles. The predicted molar refractivity (Wildman–Crippen MR) is 98.0 cm³/mol.